The van der Waals surface area contributed by atoms with Gasteiger partial charge in [-0.05, 0) is 19.8 Å². The highest BCUT2D eigenvalue weighted by Gasteiger charge is 2.42. The third-order valence-corrected chi connectivity index (χ3v) is 4.72. The molecular weight excluding hydrogens is 395 g/mol. The molecule has 0 aliphatic carbocycles. The van der Waals surface area contributed by atoms with Gasteiger partial charge in [-0.15, -0.1) is 34.2 Å². The van der Waals surface area contributed by atoms with E-state index in [9.17, 15) is 0 Å². The number of hydrogen-bond acceptors (Lipinski definition) is 4. The molecule has 22 heavy (non-hydrogen) atoms. The number of aromatic nitrogens is 3. The summed E-state index contributed by atoms with van der Waals surface area (Å²) in [7, 11) is 3.82. The van der Waals surface area contributed by atoms with E-state index in [-0.39, 0.29) is 24.0 Å². The van der Waals surface area contributed by atoms with Crippen LogP contribution in [-0.2, 0) is 18.3 Å². The summed E-state index contributed by atoms with van der Waals surface area (Å²) in [6.07, 6.45) is 2.36. The molecule has 1 unspecified atom stereocenters. The van der Waals surface area contributed by atoms with Crippen LogP contribution in [0.3, 0.4) is 0 Å². The largest absolute Gasteiger partial charge is 0.381 e. The summed E-state index contributed by atoms with van der Waals surface area (Å²) in [5.41, 5.74) is 0.346. The van der Waals surface area contributed by atoms with E-state index in [0.29, 0.717) is 12.0 Å². The molecule has 1 aromatic heterocycles. The number of ether oxygens (including phenoxy) is 1. The normalized spacial score (nSPS) is 24.9. The molecule has 3 heterocycles. The summed E-state index contributed by atoms with van der Waals surface area (Å²) >= 11 is 0. The van der Waals surface area contributed by atoms with Crippen molar-refractivity contribution >= 4 is 29.9 Å². The van der Waals surface area contributed by atoms with Gasteiger partial charge < -0.3 is 19.5 Å². The van der Waals surface area contributed by atoms with Gasteiger partial charge in [-0.1, -0.05) is 0 Å². The molecule has 0 amide bonds. The highest BCUT2D eigenvalue weighted by atomic mass is 127. The third-order valence-electron chi connectivity index (χ3n) is 4.72. The zero-order valence-corrected chi connectivity index (χ0v) is 15.8. The minimum absolute atomic E-state index is 0. The van der Waals surface area contributed by atoms with Crippen LogP contribution in [0.5, 0.6) is 0 Å². The molecule has 124 valence electrons. The van der Waals surface area contributed by atoms with Gasteiger partial charge in [0, 0.05) is 39.2 Å². The molecule has 0 saturated carbocycles. The highest BCUT2D eigenvalue weighted by Crippen LogP contribution is 2.38. The predicted molar refractivity (Wildman–Crippen MR) is 95.4 cm³/mol. The number of guanidine groups is 1. The van der Waals surface area contributed by atoms with E-state index < -0.39 is 0 Å². The minimum Gasteiger partial charge on any atom is -0.381 e. The van der Waals surface area contributed by atoms with Crippen LogP contribution in [0.1, 0.15) is 24.5 Å². The zero-order chi connectivity index (χ0) is 14.9. The van der Waals surface area contributed by atoms with Crippen LogP contribution in [-0.4, -0.2) is 59.0 Å². The van der Waals surface area contributed by atoms with Crippen molar-refractivity contribution in [3.63, 3.8) is 0 Å². The van der Waals surface area contributed by atoms with Crippen molar-refractivity contribution in [3.8, 4) is 0 Å². The van der Waals surface area contributed by atoms with Gasteiger partial charge in [-0.2, -0.15) is 0 Å². The Labute approximate surface area is 148 Å². The lowest BCUT2D eigenvalue weighted by Gasteiger charge is -2.24. The van der Waals surface area contributed by atoms with Gasteiger partial charge in [0.1, 0.15) is 5.82 Å². The molecule has 3 rings (SSSR count). The Morgan fingerprint density at radius 1 is 1.41 bits per heavy atom. The Bertz CT molecular complexity index is 537. The fraction of sp³-hybridized carbons (Fsp3) is 0.786. The maximum Gasteiger partial charge on any atom is 0.194 e. The van der Waals surface area contributed by atoms with Crippen LogP contribution in [0.4, 0.5) is 0 Å². The molecule has 2 saturated heterocycles. The molecule has 0 aromatic carbocycles. The van der Waals surface area contributed by atoms with Crippen LogP contribution in [0.15, 0.2) is 4.99 Å². The van der Waals surface area contributed by atoms with Gasteiger partial charge >= 0.3 is 0 Å². The smallest absolute Gasteiger partial charge is 0.194 e. The molecule has 0 bridgehead atoms. The minimum atomic E-state index is 0. The first-order chi connectivity index (χ1) is 10.1. The Hall–Kier alpha value is -0.900. The van der Waals surface area contributed by atoms with E-state index in [0.717, 1.165) is 43.9 Å². The summed E-state index contributed by atoms with van der Waals surface area (Å²) in [6.45, 7) is 6.46. The number of nitrogens with zero attached hydrogens (tertiary/aromatic N) is 5. The molecule has 2 aliphatic rings. The molecule has 7 nitrogen and oxygen atoms in total. The van der Waals surface area contributed by atoms with E-state index in [1.54, 1.807) is 0 Å². The van der Waals surface area contributed by atoms with Gasteiger partial charge in [0.15, 0.2) is 11.8 Å². The van der Waals surface area contributed by atoms with E-state index >= 15 is 0 Å². The Morgan fingerprint density at radius 3 is 2.82 bits per heavy atom. The highest BCUT2D eigenvalue weighted by molar-refractivity contribution is 14.0. The average molecular weight is 420 g/mol. The summed E-state index contributed by atoms with van der Waals surface area (Å²) in [6, 6.07) is 0. The van der Waals surface area contributed by atoms with Crippen LogP contribution >= 0.6 is 24.0 Å². The number of nitrogens with one attached hydrogen (secondary N) is 1. The number of rotatable bonds is 2. The van der Waals surface area contributed by atoms with Crippen molar-refractivity contribution in [1.82, 2.24) is 25.0 Å². The summed E-state index contributed by atoms with van der Waals surface area (Å²) < 4.78 is 7.58. The summed E-state index contributed by atoms with van der Waals surface area (Å²) in [4.78, 5) is 6.74. The second-order valence-corrected chi connectivity index (χ2v) is 6.10. The molecule has 1 atom stereocenters. The standard InChI is InChI=1S/C14H24N6O.HI/c1-11-17-18-12(19(11)3)8-16-13(15-2)20-6-4-14(9-20)5-7-21-10-14;/h4-10H2,1-3H3,(H,15,16);1H. The molecule has 1 spiro atoms. The van der Waals surface area contributed by atoms with Gasteiger partial charge in [-0.25, -0.2) is 0 Å². The molecule has 2 fully saturated rings. The number of hydrogen-bond donors (Lipinski definition) is 1. The number of likely N-dealkylation sites (tertiary alicyclic amines) is 1. The van der Waals surface area contributed by atoms with Gasteiger partial charge in [0.2, 0.25) is 0 Å². The summed E-state index contributed by atoms with van der Waals surface area (Å²) in [5, 5.41) is 11.7. The average Bonchev–Trinajstić information content (AvgIpc) is 3.19. The van der Waals surface area contributed by atoms with Gasteiger partial charge in [-0.3, -0.25) is 4.99 Å². The topological polar surface area (TPSA) is 67.6 Å². The number of aryl methyl sites for hydroxylation is 1. The van der Waals surface area contributed by atoms with E-state index in [1.165, 1.54) is 12.8 Å². The molecule has 1 N–H and O–H groups in total. The van der Waals surface area contributed by atoms with Crippen LogP contribution in [0.25, 0.3) is 0 Å². The number of aliphatic imine (C=N–C) groups is 1. The lowest BCUT2D eigenvalue weighted by molar-refractivity contribution is 0.156. The monoisotopic (exact) mass is 420 g/mol. The van der Waals surface area contributed by atoms with Crippen molar-refractivity contribution in [2.45, 2.75) is 26.3 Å². The van der Waals surface area contributed by atoms with E-state index in [2.05, 4.69) is 25.4 Å². The van der Waals surface area contributed by atoms with E-state index in [1.807, 2.05) is 25.6 Å². The van der Waals surface area contributed by atoms with Crippen LogP contribution in [0, 0.1) is 12.3 Å². The molecule has 8 heteroatoms. The molecule has 0 radical (unpaired) electrons. The zero-order valence-electron chi connectivity index (χ0n) is 13.5. The van der Waals surface area contributed by atoms with Crippen molar-refractivity contribution < 1.29 is 4.74 Å². The summed E-state index contributed by atoms with van der Waals surface area (Å²) in [5.74, 6) is 2.79. The fourth-order valence-corrected chi connectivity index (χ4v) is 3.18. The van der Waals surface area contributed by atoms with Crippen LogP contribution < -0.4 is 5.32 Å². The maximum absolute atomic E-state index is 5.58. The third kappa shape index (κ3) is 3.37. The SMILES string of the molecule is CN=C(NCc1nnc(C)n1C)N1CCC2(CCOC2)C1.I. The first kappa shape index (κ1) is 17.5. The number of halogens is 1. The van der Waals surface area contributed by atoms with Crippen molar-refractivity contribution in [3.05, 3.63) is 11.6 Å². The van der Waals surface area contributed by atoms with Crippen molar-refractivity contribution in [2.75, 3.05) is 33.4 Å². The lowest BCUT2D eigenvalue weighted by Crippen LogP contribution is -2.41. The van der Waals surface area contributed by atoms with Crippen LogP contribution in [0.2, 0.25) is 0 Å². The fourth-order valence-electron chi connectivity index (χ4n) is 3.18. The lowest BCUT2D eigenvalue weighted by atomic mass is 9.87. The van der Waals surface area contributed by atoms with Gasteiger partial charge in [0.25, 0.3) is 0 Å². The van der Waals surface area contributed by atoms with E-state index in [4.69, 9.17) is 4.74 Å². The van der Waals surface area contributed by atoms with Crippen molar-refractivity contribution in [1.29, 1.82) is 0 Å². The molecular formula is C14H25IN6O. The molecule has 2 aliphatic heterocycles. The Kier molecular flexibility index (Phi) is 5.65. The predicted octanol–water partition coefficient (Wildman–Crippen LogP) is 0.929. The Morgan fingerprint density at radius 2 is 2.23 bits per heavy atom. The second-order valence-electron chi connectivity index (χ2n) is 6.10. The molecule has 1 aromatic rings. The first-order valence-corrected chi connectivity index (χ1v) is 7.52. The quantitative estimate of drug-likeness (QED) is 0.438. The Balaban J connectivity index is 0.00000176. The second kappa shape index (κ2) is 7.12. The maximum atomic E-state index is 5.58. The van der Waals surface area contributed by atoms with Crippen molar-refractivity contribution in [2.24, 2.45) is 17.5 Å². The van der Waals surface area contributed by atoms with Gasteiger partial charge in [0.05, 0.1) is 13.2 Å². The first-order valence-electron chi connectivity index (χ1n) is 7.52.